The van der Waals surface area contributed by atoms with Gasteiger partial charge in [-0.05, 0) is 37.1 Å². The van der Waals surface area contributed by atoms with E-state index in [1.54, 1.807) is 0 Å². The van der Waals surface area contributed by atoms with Crippen molar-refractivity contribution in [1.29, 1.82) is 0 Å². The highest BCUT2D eigenvalue weighted by Crippen LogP contribution is 2.28. The molecule has 0 spiro atoms. The van der Waals surface area contributed by atoms with Gasteiger partial charge in [0.05, 0.1) is 11.0 Å². The molecule has 0 aliphatic carbocycles. The molecule has 6 rings (SSSR count). The molecular formula is C32H27N5O. The van der Waals surface area contributed by atoms with Crippen LogP contribution in [0.4, 0.5) is 0 Å². The zero-order valence-electron chi connectivity index (χ0n) is 21.4. The Hall–Kier alpha value is -4.84. The SMILES string of the molecule is CCn1c(=O)n(CC)c2cc(-c3ccc(-c4nc(-c5ccccc5)nc(-c5ccccc5)n4)cc3)ccc21. The van der Waals surface area contributed by atoms with E-state index < -0.39 is 0 Å². The van der Waals surface area contributed by atoms with E-state index in [4.69, 9.17) is 15.0 Å². The second-order valence-electron chi connectivity index (χ2n) is 9.09. The van der Waals surface area contributed by atoms with Crippen LogP contribution in [-0.4, -0.2) is 24.1 Å². The van der Waals surface area contributed by atoms with Gasteiger partial charge < -0.3 is 0 Å². The Kier molecular flexibility index (Phi) is 6.14. The standard InChI is InChI=1S/C32H27N5O/c1-3-36-27-20-19-26(21-28(27)37(4-2)32(36)38)22-15-17-25(18-16-22)31-34-29(23-11-7-5-8-12-23)33-30(35-31)24-13-9-6-10-14-24/h5-21H,3-4H2,1-2H3. The normalized spacial score (nSPS) is 11.2. The first kappa shape index (κ1) is 23.6. The van der Waals surface area contributed by atoms with Crippen LogP contribution in [0.15, 0.2) is 108 Å². The number of hydrogen-bond donors (Lipinski definition) is 0. The maximum Gasteiger partial charge on any atom is 0.329 e. The second kappa shape index (κ2) is 9.90. The van der Waals surface area contributed by atoms with Crippen molar-refractivity contribution in [3.63, 3.8) is 0 Å². The van der Waals surface area contributed by atoms with Crippen LogP contribution in [0, 0.1) is 0 Å². The first-order chi connectivity index (χ1) is 18.7. The fourth-order valence-electron chi connectivity index (χ4n) is 4.86. The predicted octanol–water partition coefficient (Wildman–Crippen LogP) is 6.70. The van der Waals surface area contributed by atoms with Crippen molar-refractivity contribution in [1.82, 2.24) is 24.1 Å². The zero-order chi connectivity index (χ0) is 26.1. The minimum atomic E-state index is 0.0378. The van der Waals surface area contributed by atoms with Crippen LogP contribution in [0.5, 0.6) is 0 Å². The smallest absolute Gasteiger partial charge is 0.292 e. The van der Waals surface area contributed by atoms with Gasteiger partial charge in [0.25, 0.3) is 0 Å². The Morgan fingerprint density at radius 2 is 0.921 bits per heavy atom. The number of imidazole rings is 1. The lowest BCUT2D eigenvalue weighted by Gasteiger charge is -2.09. The molecule has 6 nitrogen and oxygen atoms in total. The predicted molar refractivity (Wildman–Crippen MR) is 153 cm³/mol. The van der Waals surface area contributed by atoms with Crippen molar-refractivity contribution in [3.05, 3.63) is 114 Å². The van der Waals surface area contributed by atoms with Crippen LogP contribution < -0.4 is 5.69 Å². The first-order valence-corrected chi connectivity index (χ1v) is 12.9. The quantitative estimate of drug-likeness (QED) is 0.257. The summed E-state index contributed by atoms with van der Waals surface area (Å²) in [6.07, 6.45) is 0. The molecule has 2 heterocycles. The molecule has 0 fully saturated rings. The van der Waals surface area contributed by atoms with Crippen molar-refractivity contribution < 1.29 is 0 Å². The summed E-state index contributed by atoms with van der Waals surface area (Å²) in [6, 6.07) is 34.4. The summed E-state index contributed by atoms with van der Waals surface area (Å²) in [7, 11) is 0. The van der Waals surface area contributed by atoms with Gasteiger partial charge in [-0.2, -0.15) is 0 Å². The molecule has 38 heavy (non-hydrogen) atoms. The van der Waals surface area contributed by atoms with Crippen LogP contribution >= 0.6 is 0 Å². The second-order valence-corrected chi connectivity index (χ2v) is 9.09. The molecule has 0 atom stereocenters. The Labute approximate surface area is 220 Å². The van der Waals surface area contributed by atoms with Gasteiger partial charge in [-0.3, -0.25) is 9.13 Å². The number of benzene rings is 4. The van der Waals surface area contributed by atoms with Crippen LogP contribution in [0.25, 0.3) is 56.3 Å². The number of fused-ring (bicyclic) bond motifs is 1. The molecule has 6 aromatic rings. The fraction of sp³-hybridized carbons (Fsp3) is 0.125. The molecule has 0 bridgehead atoms. The summed E-state index contributed by atoms with van der Waals surface area (Å²) in [4.78, 5) is 27.2. The van der Waals surface area contributed by atoms with Crippen molar-refractivity contribution in [3.8, 4) is 45.3 Å². The third-order valence-corrected chi connectivity index (χ3v) is 6.83. The first-order valence-electron chi connectivity index (χ1n) is 12.9. The lowest BCUT2D eigenvalue weighted by atomic mass is 10.0. The largest absolute Gasteiger partial charge is 0.329 e. The summed E-state index contributed by atoms with van der Waals surface area (Å²) in [5.41, 5.74) is 6.88. The molecule has 0 aliphatic rings. The van der Waals surface area contributed by atoms with Gasteiger partial charge in [0.2, 0.25) is 0 Å². The number of rotatable bonds is 6. The molecule has 0 unspecified atom stereocenters. The summed E-state index contributed by atoms with van der Waals surface area (Å²) in [6.45, 7) is 5.29. The molecule has 0 N–H and O–H groups in total. The van der Waals surface area contributed by atoms with E-state index >= 15 is 0 Å². The lowest BCUT2D eigenvalue weighted by Crippen LogP contribution is -2.22. The number of aryl methyl sites for hydroxylation is 2. The number of hydrogen-bond acceptors (Lipinski definition) is 4. The van der Waals surface area contributed by atoms with E-state index in [0.29, 0.717) is 30.6 Å². The molecule has 0 amide bonds. The molecule has 186 valence electrons. The highest BCUT2D eigenvalue weighted by Gasteiger charge is 2.14. The fourth-order valence-corrected chi connectivity index (χ4v) is 4.86. The molecule has 0 saturated carbocycles. The van der Waals surface area contributed by atoms with Gasteiger partial charge in [0, 0.05) is 29.8 Å². The molecule has 4 aromatic carbocycles. The van der Waals surface area contributed by atoms with Crippen molar-refractivity contribution in [2.24, 2.45) is 0 Å². The lowest BCUT2D eigenvalue weighted by molar-refractivity contribution is 0.671. The molecule has 2 aromatic heterocycles. The molecular weight excluding hydrogens is 470 g/mol. The maximum atomic E-state index is 12.8. The van der Waals surface area contributed by atoms with E-state index in [-0.39, 0.29) is 5.69 Å². The topological polar surface area (TPSA) is 65.6 Å². The average Bonchev–Trinajstić information content (AvgIpc) is 3.27. The Balaban J connectivity index is 1.42. The summed E-state index contributed by atoms with van der Waals surface area (Å²) in [5.74, 6) is 1.91. The van der Waals surface area contributed by atoms with Gasteiger partial charge in [-0.15, -0.1) is 0 Å². The van der Waals surface area contributed by atoms with Crippen LogP contribution in [-0.2, 0) is 13.1 Å². The van der Waals surface area contributed by atoms with Gasteiger partial charge in [0.15, 0.2) is 17.5 Å². The highest BCUT2D eigenvalue weighted by molar-refractivity contribution is 5.83. The zero-order valence-corrected chi connectivity index (χ0v) is 21.4. The molecule has 6 heteroatoms. The van der Waals surface area contributed by atoms with Gasteiger partial charge in [-0.1, -0.05) is 91.0 Å². The van der Waals surface area contributed by atoms with Crippen LogP contribution in [0.1, 0.15) is 13.8 Å². The number of nitrogens with zero attached hydrogens (tertiary/aromatic N) is 5. The molecule has 0 radical (unpaired) electrons. The average molecular weight is 498 g/mol. The number of aromatic nitrogens is 5. The van der Waals surface area contributed by atoms with Gasteiger partial charge >= 0.3 is 5.69 Å². The summed E-state index contributed by atoms with van der Waals surface area (Å²) < 4.78 is 3.65. The van der Waals surface area contributed by atoms with Crippen LogP contribution in [0.3, 0.4) is 0 Å². The maximum absolute atomic E-state index is 12.8. The monoisotopic (exact) mass is 497 g/mol. The summed E-state index contributed by atoms with van der Waals surface area (Å²) >= 11 is 0. The molecule has 0 aliphatic heterocycles. The Morgan fingerprint density at radius 1 is 0.500 bits per heavy atom. The van der Waals surface area contributed by atoms with E-state index in [1.165, 1.54) is 0 Å². The molecule has 0 saturated heterocycles. The van der Waals surface area contributed by atoms with Gasteiger partial charge in [0.1, 0.15) is 0 Å². The van der Waals surface area contributed by atoms with Crippen molar-refractivity contribution in [2.45, 2.75) is 26.9 Å². The van der Waals surface area contributed by atoms with Gasteiger partial charge in [-0.25, -0.2) is 19.7 Å². The Morgan fingerprint density at radius 3 is 1.42 bits per heavy atom. The third-order valence-electron chi connectivity index (χ3n) is 6.83. The van der Waals surface area contributed by atoms with E-state index in [2.05, 4.69) is 24.3 Å². The van der Waals surface area contributed by atoms with Crippen molar-refractivity contribution >= 4 is 11.0 Å². The van der Waals surface area contributed by atoms with Crippen LogP contribution in [0.2, 0.25) is 0 Å². The Bertz CT molecular complexity index is 1730. The minimum Gasteiger partial charge on any atom is -0.292 e. The van der Waals surface area contributed by atoms with Crippen molar-refractivity contribution in [2.75, 3.05) is 0 Å². The van der Waals surface area contributed by atoms with E-state index in [9.17, 15) is 4.79 Å². The van der Waals surface area contributed by atoms with E-state index in [1.807, 2.05) is 102 Å². The third kappa shape index (κ3) is 4.20. The summed E-state index contributed by atoms with van der Waals surface area (Å²) in [5, 5.41) is 0. The van der Waals surface area contributed by atoms with E-state index in [0.717, 1.165) is 38.9 Å². The minimum absolute atomic E-state index is 0.0378. The highest BCUT2D eigenvalue weighted by atomic mass is 16.1.